The van der Waals surface area contributed by atoms with Crippen molar-refractivity contribution in [2.24, 2.45) is 0 Å². The number of phenols is 1. The molecule has 6 nitrogen and oxygen atoms in total. The van der Waals surface area contributed by atoms with E-state index in [9.17, 15) is 15.2 Å². The molecule has 1 fully saturated rings. The number of hydrogen-bond acceptors (Lipinski definition) is 5. The third kappa shape index (κ3) is 2.66. The van der Waals surface area contributed by atoms with Gasteiger partial charge in [-0.2, -0.15) is 0 Å². The quantitative estimate of drug-likeness (QED) is 0.675. The Morgan fingerprint density at radius 1 is 1.36 bits per heavy atom. The Hall–Kier alpha value is -2.08. The Kier molecular flexibility index (Phi) is 4.02. The van der Waals surface area contributed by atoms with E-state index < -0.39 is 16.4 Å². The lowest BCUT2D eigenvalue weighted by Gasteiger charge is -2.23. The smallest absolute Gasteiger partial charge is 0.314 e. The summed E-state index contributed by atoms with van der Waals surface area (Å²) < 4.78 is 6.00. The van der Waals surface area contributed by atoms with Crippen molar-refractivity contribution in [3.8, 4) is 11.5 Å². The molecular formula is C15H15ClN2O4. The standard InChI is InChI=1S/C15H15ClN2O4/c16-10-8-11(18(20)21)15(19)14-13(10)12(6-7-17-14)22-9-4-2-1-3-5-9/h6-9,19H,1-5H2. The number of phenolic OH excluding ortho intramolecular Hbond substituents is 1. The summed E-state index contributed by atoms with van der Waals surface area (Å²) in [4.78, 5) is 14.3. The second-order valence-corrected chi connectivity index (χ2v) is 5.80. The minimum Gasteiger partial charge on any atom is -0.501 e. The molecule has 22 heavy (non-hydrogen) atoms. The number of rotatable bonds is 3. The minimum absolute atomic E-state index is 0.0903. The van der Waals surface area contributed by atoms with E-state index in [0.717, 1.165) is 31.7 Å². The number of aromatic hydroxyl groups is 1. The van der Waals surface area contributed by atoms with E-state index in [1.807, 2.05) is 0 Å². The number of aromatic nitrogens is 1. The van der Waals surface area contributed by atoms with Crippen molar-refractivity contribution < 1.29 is 14.8 Å². The lowest BCUT2D eigenvalue weighted by molar-refractivity contribution is -0.385. The van der Waals surface area contributed by atoms with Crippen LogP contribution in [-0.2, 0) is 0 Å². The maximum Gasteiger partial charge on any atom is 0.314 e. The Balaban J connectivity index is 2.08. The topological polar surface area (TPSA) is 85.5 Å². The maximum atomic E-state index is 10.9. The molecule has 0 amide bonds. The zero-order valence-corrected chi connectivity index (χ0v) is 12.5. The summed E-state index contributed by atoms with van der Waals surface area (Å²) in [5.74, 6) is 0.0191. The van der Waals surface area contributed by atoms with Crippen molar-refractivity contribution in [1.29, 1.82) is 0 Å². The fourth-order valence-electron chi connectivity index (χ4n) is 2.84. The van der Waals surface area contributed by atoms with E-state index in [4.69, 9.17) is 16.3 Å². The molecule has 0 bridgehead atoms. The third-order valence-electron chi connectivity index (χ3n) is 3.92. The fourth-order valence-corrected chi connectivity index (χ4v) is 3.12. The van der Waals surface area contributed by atoms with Crippen molar-refractivity contribution in [3.63, 3.8) is 0 Å². The summed E-state index contributed by atoms with van der Waals surface area (Å²) in [5.41, 5.74) is -0.368. The molecule has 0 aliphatic heterocycles. The average Bonchev–Trinajstić information content (AvgIpc) is 2.51. The maximum absolute atomic E-state index is 10.9. The highest BCUT2D eigenvalue weighted by atomic mass is 35.5. The van der Waals surface area contributed by atoms with E-state index in [1.54, 1.807) is 6.07 Å². The highest BCUT2D eigenvalue weighted by Gasteiger charge is 2.23. The molecule has 116 valence electrons. The van der Waals surface area contributed by atoms with Gasteiger partial charge in [-0.3, -0.25) is 15.1 Å². The van der Waals surface area contributed by atoms with Crippen molar-refractivity contribution >= 4 is 28.2 Å². The van der Waals surface area contributed by atoms with Gasteiger partial charge in [-0.25, -0.2) is 0 Å². The molecule has 1 heterocycles. The first-order chi connectivity index (χ1) is 10.6. The van der Waals surface area contributed by atoms with Crippen molar-refractivity contribution in [3.05, 3.63) is 33.5 Å². The predicted molar refractivity (Wildman–Crippen MR) is 82.6 cm³/mol. The zero-order valence-electron chi connectivity index (χ0n) is 11.8. The zero-order chi connectivity index (χ0) is 15.7. The lowest BCUT2D eigenvalue weighted by Crippen LogP contribution is -2.19. The van der Waals surface area contributed by atoms with Gasteiger partial charge >= 0.3 is 5.69 Å². The predicted octanol–water partition coefficient (Wildman–Crippen LogP) is 4.21. The van der Waals surface area contributed by atoms with E-state index >= 15 is 0 Å². The van der Waals surface area contributed by atoms with Crippen LogP contribution in [0.5, 0.6) is 11.5 Å². The largest absolute Gasteiger partial charge is 0.501 e. The molecule has 0 unspecified atom stereocenters. The first kappa shape index (κ1) is 14.8. The van der Waals surface area contributed by atoms with Crippen molar-refractivity contribution in [1.82, 2.24) is 4.98 Å². The van der Waals surface area contributed by atoms with Gasteiger partial charge in [0, 0.05) is 12.3 Å². The Morgan fingerprint density at radius 2 is 2.09 bits per heavy atom. The van der Waals surface area contributed by atoms with Crippen LogP contribution in [0, 0.1) is 10.1 Å². The molecular weight excluding hydrogens is 308 g/mol. The molecule has 2 aromatic rings. The van der Waals surface area contributed by atoms with Gasteiger partial charge < -0.3 is 9.84 Å². The van der Waals surface area contributed by atoms with Crippen molar-refractivity contribution in [2.75, 3.05) is 0 Å². The van der Waals surface area contributed by atoms with Gasteiger partial charge in [0.05, 0.1) is 21.4 Å². The van der Waals surface area contributed by atoms with Crippen LogP contribution in [0.4, 0.5) is 5.69 Å². The molecule has 0 atom stereocenters. The molecule has 1 aliphatic rings. The normalized spacial score (nSPS) is 15.9. The molecule has 0 spiro atoms. The van der Waals surface area contributed by atoms with Crippen LogP contribution in [0.25, 0.3) is 10.9 Å². The average molecular weight is 323 g/mol. The number of hydrogen-bond donors (Lipinski definition) is 1. The van der Waals surface area contributed by atoms with Gasteiger partial charge in [0.1, 0.15) is 11.3 Å². The molecule has 3 rings (SSSR count). The van der Waals surface area contributed by atoms with E-state index in [0.29, 0.717) is 11.1 Å². The summed E-state index contributed by atoms with van der Waals surface area (Å²) in [6, 6.07) is 2.81. The van der Waals surface area contributed by atoms with E-state index in [-0.39, 0.29) is 16.6 Å². The van der Waals surface area contributed by atoms with Gasteiger partial charge in [-0.1, -0.05) is 18.0 Å². The van der Waals surface area contributed by atoms with Crippen molar-refractivity contribution in [2.45, 2.75) is 38.2 Å². The number of fused-ring (bicyclic) bond motifs is 1. The summed E-state index contributed by atoms with van der Waals surface area (Å²) >= 11 is 6.17. The van der Waals surface area contributed by atoms with Crippen LogP contribution in [0.1, 0.15) is 32.1 Å². The number of ether oxygens (including phenoxy) is 1. The SMILES string of the molecule is O=[N+]([O-])c1cc(Cl)c2c(OC3CCCCC3)ccnc2c1O. The summed E-state index contributed by atoms with van der Waals surface area (Å²) in [5, 5.41) is 21.6. The second kappa shape index (κ2) is 5.96. The Bertz CT molecular complexity index is 729. The van der Waals surface area contributed by atoms with Crippen LogP contribution in [0.2, 0.25) is 5.02 Å². The number of pyridine rings is 1. The summed E-state index contributed by atoms with van der Waals surface area (Å²) in [7, 11) is 0. The van der Waals surface area contributed by atoms with E-state index in [1.165, 1.54) is 12.6 Å². The molecule has 7 heteroatoms. The highest BCUT2D eigenvalue weighted by molar-refractivity contribution is 6.36. The highest BCUT2D eigenvalue weighted by Crippen LogP contribution is 2.42. The molecule has 1 aromatic carbocycles. The molecule has 1 aromatic heterocycles. The van der Waals surface area contributed by atoms with Gasteiger partial charge in [-0.05, 0) is 31.7 Å². The number of nitrogens with zero attached hydrogens (tertiary/aromatic N) is 2. The van der Waals surface area contributed by atoms with Crippen LogP contribution in [-0.4, -0.2) is 21.1 Å². The first-order valence-corrected chi connectivity index (χ1v) is 7.57. The monoisotopic (exact) mass is 322 g/mol. The second-order valence-electron chi connectivity index (χ2n) is 5.39. The van der Waals surface area contributed by atoms with Gasteiger partial charge in [0.2, 0.25) is 5.75 Å². The van der Waals surface area contributed by atoms with Crippen LogP contribution in [0.15, 0.2) is 18.3 Å². The molecule has 0 saturated heterocycles. The summed E-state index contributed by atoms with van der Waals surface area (Å²) in [6.45, 7) is 0. The number of nitro benzene ring substituents is 1. The molecule has 0 radical (unpaired) electrons. The van der Waals surface area contributed by atoms with Crippen LogP contribution >= 0.6 is 11.6 Å². The summed E-state index contributed by atoms with van der Waals surface area (Å²) in [6.07, 6.45) is 6.97. The van der Waals surface area contributed by atoms with E-state index in [2.05, 4.69) is 4.98 Å². The first-order valence-electron chi connectivity index (χ1n) is 7.19. The molecule has 1 saturated carbocycles. The molecule has 1 aliphatic carbocycles. The Morgan fingerprint density at radius 3 is 2.77 bits per heavy atom. The van der Waals surface area contributed by atoms with Gasteiger partial charge in [0.25, 0.3) is 0 Å². The van der Waals surface area contributed by atoms with Crippen LogP contribution in [0.3, 0.4) is 0 Å². The number of halogens is 1. The van der Waals surface area contributed by atoms with Gasteiger partial charge in [0.15, 0.2) is 0 Å². The minimum atomic E-state index is -0.684. The third-order valence-corrected chi connectivity index (χ3v) is 4.22. The number of nitro groups is 1. The van der Waals surface area contributed by atoms with Crippen LogP contribution < -0.4 is 4.74 Å². The van der Waals surface area contributed by atoms with Gasteiger partial charge in [-0.15, -0.1) is 0 Å². The number of benzene rings is 1. The lowest BCUT2D eigenvalue weighted by atomic mass is 9.98. The Labute approximate surface area is 131 Å². The molecule has 1 N–H and O–H groups in total. The fraction of sp³-hybridized carbons (Fsp3) is 0.400.